The van der Waals surface area contributed by atoms with Crippen LogP contribution in [0.1, 0.15) is 23.6 Å². The molecule has 1 nitrogen and oxygen atoms in total. The van der Waals surface area contributed by atoms with Crippen molar-refractivity contribution in [1.82, 2.24) is 0 Å². The van der Waals surface area contributed by atoms with Crippen molar-refractivity contribution < 1.29 is 8.78 Å². The minimum absolute atomic E-state index is 0.0139. The van der Waals surface area contributed by atoms with Gasteiger partial charge in [0, 0.05) is 4.47 Å². The van der Waals surface area contributed by atoms with Gasteiger partial charge in [0.05, 0.1) is 16.8 Å². The van der Waals surface area contributed by atoms with E-state index in [4.69, 9.17) is 11.6 Å². The molecule has 2 aromatic carbocycles. The molecule has 0 aliphatic heterocycles. The van der Waals surface area contributed by atoms with Gasteiger partial charge >= 0.3 is 0 Å². The quantitative estimate of drug-likeness (QED) is 0.749. The Labute approximate surface area is 129 Å². The van der Waals surface area contributed by atoms with Crippen molar-refractivity contribution in [3.63, 3.8) is 0 Å². The van der Waals surface area contributed by atoms with Crippen LogP contribution in [0.2, 0.25) is 5.02 Å². The van der Waals surface area contributed by atoms with E-state index in [9.17, 15) is 8.78 Å². The Kier molecular flexibility index (Phi) is 3.69. The van der Waals surface area contributed by atoms with Gasteiger partial charge in [-0.05, 0) is 58.1 Å². The van der Waals surface area contributed by atoms with E-state index in [0.29, 0.717) is 21.6 Å². The van der Waals surface area contributed by atoms with Crippen molar-refractivity contribution in [3.05, 3.63) is 62.6 Å². The Bertz CT molecular complexity index is 652. The fourth-order valence-corrected chi connectivity index (χ4v) is 3.54. The molecule has 2 aromatic rings. The van der Waals surface area contributed by atoms with Crippen molar-refractivity contribution in [1.29, 1.82) is 0 Å². The van der Waals surface area contributed by atoms with E-state index < -0.39 is 5.82 Å². The number of halogens is 4. The summed E-state index contributed by atoms with van der Waals surface area (Å²) in [5, 5.41) is 3.58. The van der Waals surface area contributed by atoms with Gasteiger partial charge in [-0.15, -0.1) is 0 Å². The van der Waals surface area contributed by atoms with Crippen LogP contribution in [0.25, 0.3) is 0 Å². The molecule has 1 N–H and O–H groups in total. The normalized spacial score (nSPS) is 17.1. The summed E-state index contributed by atoms with van der Waals surface area (Å²) < 4.78 is 27.5. The fraction of sp³-hybridized carbons (Fsp3) is 0.200. The van der Waals surface area contributed by atoms with Gasteiger partial charge in [0.1, 0.15) is 11.6 Å². The highest BCUT2D eigenvalue weighted by atomic mass is 79.9. The molecule has 104 valence electrons. The third kappa shape index (κ3) is 2.42. The van der Waals surface area contributed by atoms with Crippen molar-refractivity contribution in [2.75, 3.05) is 5.32 Å². The first-order valence-corrected chi connectivity index (χ1v) is 7.41. The molecule has 3 rings (SSSR count). The molecule has 0 amide bonds. The minimum Gasteiger partial charge on any atom is -0.376 e. The second-order valence-electron chi connectivity index (χ2n) is 4.79. The SMILES string of the molecule is Fc1cc(Cl)c(NC2CCc3c(F)cccc32)c(Br)c1. The molecule has 0 saturated carbocycles. The smallest absolute Gasteiger partial charge is 0.126 e. The standard InChI is InChI=1S/C15H11BrClF2N/c16-11-6-8(18)7-12(17)15(11)20-14-5-4-9-10(14)2-1-3-13(9)19/h1-3,6-7,14,20H,4-5H2. The maximum absolute atomic E-state index is 13.7. The molecule has 0 heterocycles. The predicted molar refractivity (Wildman–Crippen MR) is 80.2 cm³/mol. The summed E-state index contributed by atoms with van der Waals surface area (Å²) in [6.07, 6.45) is 1.48. The summed E-state index contributed by atoms with van der Waals surface area (Å²) in [5.74, 6) is -0.568. The van der Waals surface area contributed by atoms with E-state index >= 15 is 0 Å². The molecule has 1 unspecified atom stereocenters. The van der Waals surface area contributed by atoms with Crippen LogP contribution < -0.4 is 5.32 Å². The van der Waals surface area contributed by atoms with Crippen LogP contribution >= 0.6 is 27.5 Å². The highest BCUT2D eigenvalue weighted by Gasteiger charge is 2.25. The minimum atomic E-state index is -0.398. The molecule has 0 radical (unpaired) electrons. The summed E-state index contributed by atoms with van der Waals surface area (Å²) >= 11 is 9.36. The Morgan fingerprint density at radius 1 is 1.25 bits per heavy atom. The third-order valence-electron chi connectivity index (χ3n) is 3.54. The van der Waals surface area contributed by atoms with Gasteiger partial charge in [-0.3, -0.25) is 0 Å². The van der Waals surface area contributed by atoms with Crippen LogP contribution in [-0.4, -0.2) is 0 Å². The van der Waals surface area contributed by atoms with Crippen molar-refractivity contribution in [3.8, 4) is 0 Å². The zero-order chi connectivity index (χ0) is 14.3. The number of nitrogens with one attached hydrogen (secondary N) is 1. The number of hydrogen-bond donors (Lipinski definition) is 1. The van der Waals surface area contributed by atoms with E-state index in [1.807, 2.05) is 6.07 Å². The Morgan fingerprint density at radius 2 is 2.05 bits per heavy atom. The molecular formula is C15H11BrClF2N. The van der Waals surface area contributed by atoms with Gasteiger partial charge < -0.3 is 5.32 Å². The summed E-state index contributed by atoms with van der Waals surface area (Å²) in [4.78, 5) is 0. The van der Waals surface area contributed by atoms with Gasteiger partial charge in [-0.1, -0.05) is 23.7 Å². The van der Waals surface area contributed by atoms with E-state index in [0.717, 1.165) is 17.5 Å². The van der Waals surface area contributed by atoms with E-state index in [1.165, 1.54) is 18.2 Å². The predicted octanol–water partition coefficient (Wildman–Crippen LogP) is 5.48. The zero-order valence-corrected chi connectivity index (χ0v) is 12.7. The van der Waals surface area contributed by atoms with Gasteiger partial charge in [0.2, 0.25) is 0 Å². The maximum Gasteiger partial charge on any atom is 0.126 e. The van der Waals surface area contributed by atoms with E-state index in [2.05, 4.69) is 21.2 Å². The first kappa shape index (κ1) is 13.8. The fourth-order valence-electron chi connectivity index (χ4n) is 2.61. The van der Waals surface area contributed by atoms with Gasteiger partial charge in [0.25, 0.3) is 0 Å². The van der Waals surface area contributed by atoms with Crippen LogP contribution in [0.15, 0.2) is 34.8 Å². The molecule has 5 heteroatoms. The van der Waals surface area contributed by atoms with Crippen molar-refractivity contribution >= 4 is 33.2 Å². The first-order valence-electron chi connectivity index (χ1n) is 6.24. The Balaban J connectivity index is 1.94. The maximum atomic E-state index is 13.7. The molecular weight excluding hydrogens is 348 g/mol. The molecule has 1 atom stereocenters. The average molecular weight is 359 g/mol. The van der Waals surface area contributed by atoms with Crippen LogP contribution in [-0.2, 0) is 6.42 Å². The highest BCUT2D eigenvalue weighted by Crippen LogP contribution is 2.39. The van der Waals surface area contributed by atoms with Crippen LogP contribution in [0.5, 0.6) is 0 Å². The topological polar surface area (TPSA) is 12.0 Å². The third-order valence-corrected chi connectivity index (χ3v) is 4.46. The monoisotopic (exact) mass is 357 g/mol. The zero-order valence-electron chi connectivity index (χ0n) is 10.4. The molecule has 0 fully saturated rings. The van der Waals surface area contributed by atoms with Crippen molar-refractivity contribution in [2.45, 2.75) is 18.9 Å². The van der Waals surface area contributed by atoms with Gasteiger partial charge in [-0.2, -0.15) is 0 Å². The number of anilines is 1. The number of rotatable bonds is 2. The van der Waals surface area contributed by atoms with Crippen LogP contribution in [0, 0.1) is 11.6 Å². The molecule has 20 heavy (non-hydrogen) atoms. The first-order chi connectivity index (χ1) is 9.56. The largest absolute Gasteiger partial charge is 0.376 e. The highest BCUT2D eigenvalue weighted by molar-refractivity contribution is 9.10. The van der Waals surface area contributed by atoms with E-state index in [1.54, 1.807) is 6.07 Å². The number of benzene rings is 2. The Morgan fingerprint density at radius 3 is 2.80 bits per heavy atom. The van der Waals surface area contributed by atoms with E-state index in [-0.39, 0.29) is 11.9 Å². The summed E-state index contributed by atoms with van der Waals surface area (Å²) in [5.41, 5.74) is 2.33. The van der Waals surface area contributed by atoms with Gasteiger partial charge in [0.15, 0.2) is 0 Å². The summed E-state index contributed by atoms with van der Waals surface area (Å²) in [7, 11) is 0. The average Bonchev–Trinajstić information content (AvgIpc) is 2.78. The second-order valence-corrected chi connectivity index (χ2v) is 6.05. The van der Waals surface area contributed by atoms with Gasteiger partial charge in [-0.25, -0.2) is 8.78 Å². The molecule has 0 bridgehead atoms. The Hall–Kier alpha value is -1.13. The molecule has 0 saturated heterocycles. The summed E-state index contributed by atoms with van der Waals surface area (Å²) in [6.45, 7) is 0. The molecule has 0 spiro atoms. The lowest BCUT2D eigenvalue weighted by atomic mass is 10.1. The lowest BCUT2D eigenvalue weighted by molar-refractivity contribution is 0.612. The van der Waals surface area contributed by atoms with Crippen LogP contribution in [0.4, 0.5) is 14.5 Å². The number of hydrogen-bond acceptors (Lipinski definition) is 1. The second kappa shape index (κ2) is 5.34. The van der Waals surface area contributed by atoms with Crippen LogP contribution in [0.3, 0.4) is 0 Å². The lowest BCUT2D eigenvalue weighted by Crippen LogP contribution is -2.08. The molecule has 0 aromatic heterocycles. The molecule has 1 aliphatic rings. The lowest BCUT2D eigenvalue weighted by Gasteiger charge is -2.18. The summed E-state index contributed by atoms with van der Waals surface area (Å²) in [6, 6.07) is 7.69. The number of fused-ring (bicyclic) bond motifs is 1. The molecule has 1 aliphatic carbocycles. The van der Waals surface area contributed by atoms with Crippen molar-refractivity contribution in [2.24, 2.45) is 0 Å².